The molecule has 0 aromatic heterocycles. The topological polar surface area (TPSA) is 61.9 Å². The van der Waals surface area contributed by atoms with Gasteiger partial charge in [-0.05, 0) is 55.9 Å². The molecule has 1 aliphatic carbocycles. The normalized spacial score (nSPS) is 30.4. The lowest BCUT2D eigenvalue weighted by molar-refractivity contribution is -0.126. The highest BCUT2D eigenvalue weighted by atomic mass is 19.3. The Hall–Kier alpha value is -2.48. The first kappa shape index (κ1) is 21.4. The molecule has 3 fully saturated rings. The number of nitrogens with zero attached hydrogens (tertiary/aromatic N) is 2. The number of carbonyl (C=O) groups is 2. The molecule has 1 saturated carbocycles. The van der Waals surface area contributed by atoms with E-state index in [1.807, 2.05) is 12.1 Å². The van der Waals surface area contributed by atoms with Gasteiger partial charge in [-0.25, -0.2) is 8.78 Å². The van der Waals surface area contributed by atoms with Crippen LogP contribution in [0.5, 0.6) is 5.75 Å². The number of amides is 2. The van der Waals surface area contributed by atoms with Crippen molar-refractivity contribution >= 4 is 11.8 Å². The molecule has 3 atom stereocenters. The number of rotatable bonds is 4. The highest BCUT2D eigenvalue weighted by Crippen LogP contribution is 2.36. The van der Waals surface area contributed by atoms with Crippen LogP contribution < -0.4 is 10.1 Å². The second-order valence-corrected chi connectivity index (χ2v) is 9.45. The average molecular weight is 446 g/mol. The Labute approximate surface area is 186 Å². The lowest BCUT2D eigenvalue weighted by atomic mass is 10.0. The highest BCUT2D eigenvalue weighted by Gasteiger charge is 2.41. The second-order valence-electron chi connectivity index (χ2n) is 9.45. The zero-order valence-corrected chi connectivity index (χ0v) is 18.1. The van der Waals surface area contributed by atoms with Crippen molar-refractivity contribution in [3.63, 3.8) is 0 Å². The Morgan fingerprint density at radius 2 is 1.91 bits per heavy atom. The van der Waals surface area contributed by atoms with E-state index in [0.29, 0.717) is 49.5 Å². The highest BCUT2D eigenvalue weighted by molar-refractivity contribution is 6.01. The number of nitrogens with one attached hydrogen (secondary N) is 1. The van der Waals surface area contributed by atoms with Gasteiger partial charge in [0, 0.05) is 49.8 Å². The number of fused-ring (bicyclic) bond motifs is 1. The summed E-state index contributed by atoms with van der Waals surface area (Å²) < 4.78 is 33.4. The number of alkyl halides is 2. The summed E-state index contributed by atoms with van der Waals surface area (Å²) >= 11 is 0. The van der Waals surface area contributed by atoms with E-state index in [1.165, 1.54) is 0 Å². The van der Waals surface area contributed by atoms with E-state index in [9.17, 15) is 18.4 Å². The number of allylic oxidation sites excluding steroid dienone is 1. The first-order chi connectivity index (χ1) is 15.3. The maximum absolute atomic E-state index is 13.6. The molecule has 1 aromatic carbocycles. The molecular weight excluding hydrogens is 416 g/mol. The van der Waals surface area contributed by atoms with E-state index >= 15 is 0 Å². The minimum atomic E-state index is -2.55. The van der Waals surface area contributed by atoms with Crippen molar-refractivity contribution in [3.8, 4) is 5.75 Å². The largest absolute Gasteiger partial charge is 0.489 e. The van der Waals surface area contributed by atoms with Crippen LogP contribution in [0.4, 0.5) is 8.78 Å². The predicted molar refractivity (Wildman–Crippen MR) is 114 cm³/mol. The molecule has 8 heteroatoms. The molecule has 5 rings (SSSR count). The standard InChI is InChI=1S/C24H29F2N3O3/c1-15-5-8-20(22(30)27-15)29-14-16-13-17(6-7-18(16)23(29)31)32-21-4-2-3-19(21)28-11-9-24(25,26)10-12-28/h6-7,13,19-21H,1-5,8-12,14H2,(H,27,30)/t19-,20?,21+/m1/s1. The fraction of sp³-hybridized carbons (Fsp3) is 0.583. The Kier molecular flexibility index (Phi) is 5.43. The zero-order chi connectivity index (χ0) is 22.5. The number of ether oxygens (including phenoxy) is 1. The van der Waals surface area contributed by atoms with Crippen LogP contribution in [0.25, 0.3) is 0 Å². The van der Waals surface area contributed by atoms with Crippen molar-refractivity contribution in [1.29, 1.82) is 0 Å². The number of piperidine rings is 2. The predicted octanol–water partition coefficient (Wildman–Crippen LogP) is 3.47. The smallest absolute Gasteiger partial charge is 0.255 e. The van der Waals surface area contributed by atoms with Gasteiger partial charge in [-0.2, -0.15) is 0 Å². The van der Waals surface area contributed by atoms with Crippen molar-refractivity contribution in [2.45, 2.75) is 75.6 Å². The van der Waals surface area contributed by atoms with E-state index in [4.69, 9.17) is 4.74 Å². The molecule has 3 aliphatic heterocycles. The first-order valence-electron chi connectivity index (χ1n) is 11.5. The maximum atomic E-state index is 13.6. The van der Waals surface area contributed by atoms with Gasteiger partial charge in [-0.15, -0.1) is 0 Å². The van der Waals surface area contributed by atoms with Crippen LogP contribution in [-0.2, 0) is 11.3 Å². The van der Waals surface area contributed by atoms with Gasteiger partial charge in [0.1, 0.15) is 17.9 Å². The number of benzene rings is 1. The third-order valence-electron chi connectivity index (χ3n) is 7.31. The average Bonchev–Trinajstić information content (AvgIpc) is 3.33. The SMILES string of the molecule is C=C1CCC(N2Cc3cc(O[C@H]4CCC[C@H]4N4CCC(F)(F)CC4)ccc3C2=O)C(=O)N1. The minimum absolute atomic E-state index is 0.0388. The van der Waals surface area contributed by atoms with Crippen LogP contribution in [0.1, 0.15) is 60.9 Å². The molecule has 4 aliphatic rings. The van der Waals surface area contributed by atoms with Crippen molar-refractivity contribution in [3.05, 3.63) is 41.6 Å². The molecule has 3 heterocycles. The lowest BCUT2D eigenvalue weighted by Gasteiger charge is -2.38. The minimum Gasteiger partial charge on any atom is -0.489 e. The van der Waals surface area contributed by atoms with Crippen molar-refractivity contribution in [1.82, 2.24) is 15.1 Å². The first-order valence-corrected chi connectivity index (χ1v) is 11.5. The molecule has 2 amide bonds. The van der Waals surface area contributed by atoms with Gasteiger partial charge in [-0.3, -0.25) is 14.5 Å². The van der Waals surface area contributed by atoms with E-state index in [2.05, 4.69) is 16.8 Å². The Bertz CT molecular complexity index is 940. The number of hydrogen-bond acceptors (Lipinski definition) is 4. The van der Waals surface area contributed by atoms with Crippen LogP contribution in [0, 0.1) is 0 Å². The van der Waals surface area contributed by atoms with Crippen LogP contribution in [-0.4, -0.2) is 58.8 Å². The third-order valence-corrected chi connectivity index (χ3v) is 7.31. The summed E-state index contributed by atoms with van der Waals surface area (Å²) in [6.07, 6.45) is 3.89. The zero-order valence-electron chi connectivity index (χ0n) is 18.1. The third kappa shape index (κ3) is 4.00. The monoisotopic (exact) mass is 445 g/mol. The van der Waals surface area contributed by atoms with Crippen LogP contribution in [0.15, 0.2) is 30.5 Å². The second kappa shape index (κ2) is 8.14. The molecule has 0 spiro atoms. The quantitative estimate of drug-likeness (QED) is 0.771. The molecule has 6 nitrogen and oxygen atoms in total. The summed E-state index contributed by atoms with van der Waals surface area (Å²) in [7, 11) is 0. The van der Waals surface area contributed by atoms with Gasteiger partial charge in [0.2, 0.25) is 5.91 Å². The van der Waals surface area contributed by atoms with E-state index < -0.39 is 12.0 Å². The number of halogens is 2. The van der Waals surface area contributed by atoms with Gasteiger partial charge in [0.05, 0.1) is 0 Å². The molecule has 0 bridgehead atoms. The van der Waals surface area contributed by atoms with Gasteiger partial charge < -0.3 is 15.0 Å². The molecule has 2 saturated heterocycles. The van der Waals surface area contributed by atoms with Gasteiger partial charge in [0.25, 0.3) is 11.8 Å². The molecule has 0 radical (unpaired) electrons. The molecule has 1 N–H and O–H groups in total. The number of hydrogen-bond donors (Lipinski definition) is 1. The summed E-state index contributed by atoms with van der Waals surface area (Å²) in [5.41, 5.74) is 2.15. The summed E-state index contributed by atoms with van der Waals surface area (Å²) in [5.74, 6) is -2.17. The fourth-order valence-electron chi connectivity index (χ4n) is 5.52. The Balaban J connectivity index is 1.26. The van der Waals surface area contributed by atoms with Crippen LogP contribution in [0.2, 0.25) is 0 Å². The Morgan fingerprint density at radius 1 is 1.12 bits per heavy atom. The molecular formula is C24H29F2N3O3. The van der Waals surface area contributed by atoms with Crippen molar-refractivity contribution in [2.75, 3.05) is 13.1 Å². The molecule has 1 unspecified atom stereocenters. The van der Waals surface area contributed by atoms with Gasteiger partial charge in [-0.1, -0.05) is 6.58 Å². The van der Waals surface area contributed by atoms with Crippen molar-refractivity contribution in [2.24, 2.45) is 0 Å². The lowest BCUT2D eigenvalue weighted by Crippen LogP contribution is -2.49. The van der Waals surface area contributed by atoms with Crippen LogP contribution in [0.3, 0.4) is 0 Å². The van der Waals surface area contributed by atoms with Crippen molar-refractivity contribution < 1.29 is 23.1 Å². The molecule has 32 heavy (non-hydrogen) atoms. The van der Waals surface area contributed by atoms with Gasteiger partial charge >= 0.3 is 0 Å². The summed E-state index contributed by atoms with van der Waals surface area (Å²) in [4.78, 5) is 29.1. The van der Waals surface area contributed by atoms with E-state index in [0.717, 1.165) is 24.8 Å². The number of carbonyl (C=O) groups excluding carboxylic acids is 2. The maximum Gasteiger partial charge on any atom is 0.255 e. The Morgan fingerprint density at radius 3 is 2.66 bits per heavy atom. The van der Waals surface area contributed by atoms with E-state index in [-0.39, 0.29) is 36.8 Å². The number of likely N-dealkylation sites (tertiary alicyclic amines) is 1. The van der Waals surface area contributed by atoms with Gasteiger partial charge in [0.15, 0.2) is 0 Å². The van der Waals surface area contributed by atoms with Crippen LogP contribution >= 0.6 is 0 Å². The summed E-state index contributed by atoms with van der Waals surface area (Å²) in [6.45, 7) is 4.99. The summed E-state index contributed by atoms with van der Waals surface area (Å²) in [6, 6.07) is 5.14. The molecule has 172 valence electrons. The van der Waals surface area contributed by atoms with E-state index in [1.54, 1.807) is 11.0 Å². The molecule has 1 aromatic rings. The summed E-state index contributed by atoms with van der Waals surface area (Å²) in [5, 5.41) is 2.75. The fourth-order valence-corrected chi connectivity index (χ4v) is 5.52.